The second-order valence-corrected chi connectivity index (χ2v) is 14.8. The maximum atomic E-state index is 12.1. The lowest BCUT2D eigenvalue weighted by molar-refractivity contribution is 0.125. The highest BCUT2D eigenvalue weighted by molar-refractivity contribution is 7.85. The van der Waals surface area contributed by atoms with Crippen LogP contribution in [0.3, 0.4) is 0 Å². The first-order valence-corrected chi connectivity index (χ1v) is 20.2. The molecule has 250 valence electrons. The van der Waals surface area contributed by atoms with Crippen molar-refractivity contribution >= 4 is 10.1 Å². The smallest absolute Gasteiger partial charge is 0.294 e. The number of rotatable bonds is 1. The highest BCUT2D eigenvalue weighted by atomic mass is 32.2. The van der Waals surface area contributed by atoms with Gasteiger partial charge in [-0.15, -0.1) is 0 Å². The topological polar surface area (TPSA) is 63.6 Å². The van der Waals surface area contributed by atoms with Gasteiger partial charge in [-0.3, -0.25) is 4.55 Å². The molecule has 0 aliphatic carbocycles. The maximum Gasteiger partial charge on any atom is 0.294 e. The van der Waals surface area contributed by atoms with E-state index in [9.17, 15) is 13.0 Å². The first kappa shape index (κ1) is 38.3. The predicted octanol–water partition coefficient (Wildman–Crippen LogP) is 12.0. The molecule has 4 nitrogen and oxygen atoms in total. The van der Waals surface area contributed by atoms with Gasteiger partial charge >= 0.3 is 0 Å². The van der Waals surface area contributed by atoms with Crippen LogP contribution in [-0.4, -0.2) is 26.2 Å². The average Bonchev–Trinajstić information content (AvgIpc) is 2.99. The number of hydrogen-bond acceptors (Lipinski definition) is 3. The van der Waals surface area contributed by atoms with E-state index in [1.54, 1.807) is 12.1 Å². The minimum Gasteiger partial charge on any atom is -0.381 e. The lowest BCUT2D eigenvalue weighted by Crippen LogP contribution is -2.07. The summed E-state index contributed by atoms with van der Waals surface area (Å²) in [5.74, 6) is 0. The van der Waals surface area contributed by atoms with E-state index in [1.807, 2.05) is 0 Å². The van der Waals surface area contributed by atoms with Crippen molar-refractivity contribution in [2.45, 2.75) is 198 Å². The fourth-order valence-corrected chi connectivity index (χ4v) is 7.54. The van der Waals surface area contributed by atoms with Gasteiger partial charge in [0.15, 0.2) is 0 Å². The van der Waals surface area contributed by atoms with Gasteiger partial charge in [0, 0.05) is 13.2 Å². The molecule has 0 saturated carbocycles. The summed E-state index contributed by atoms with van der Waals surface area (Å²) in [6, 6.07) is 5.47. The van der Waals surface area contributed by atoms with Crippen molar-refractivity contribution in [3.8, 4) is 0 Å². The van der Waals surface area contributed by atoms with Crippen molar-refractivity contribution in [1.29, 1.82) is 0 Å². The summed E-state index contributed by atoms with van der Waals surface area (Å²) in [6.45, 7) is 1.92. The molecule has 0 bridgehead atoms. The lowest BCUT2D eigenvalue weighted by atomic mass is 9.96. The van der Waals surface area contributed by atoms with E-state index in [-0.39, 0.29) is 4.90 Å². The van der Waals surface area contributed by atoms with Crippen LogP contribution in [0.25, 0.3) is 0 Å². The molecule has 1 aliphatic rings. The summed E-state index contributed by atoms with van der Waals surface area (Å²) in [6.07, 6.45) is 38.1. The van der Waals surface area contributed by atoms with Gasteiger partial charge in [0.25, 0.3) is 10.1 Å². The Morgan fingerprint density at radius 2 is 0.767 bits per heavy atom. The zero-order chi connectivity index (χ0) is 30.7. The van der Waals surface area contributed by atoms with Crippen LogP contribution < -0.4 is 0 Å². The SMILES string of the molecule is O=S(=O)(O)c1cccc2c1CCCCCCCCCCCCCCCCOCCCCCCCCCCCCCCCC2. The molecule has 0 saturated heterocycles. The fraction of sp³-hybridized carbons (Fsp3) is 0.842. The Kier molecular flexibility index (Phi) is 23.4. The first-order valence-electron chi connectivity index (χ1n) is 18.7. The third-order valence-corrected chi connectivity index (χ3v) is 10.4. The Balaban J connectivity index is 1.72. The van der Waals surface area contributed by atoms with E-state index in [1.165, 1.54) is 161 Å². The number of fused-ring (bicyclic) bond motifs is 1. The summed E-state index contributed by atoms with van der Waals surface area (Å²) in [5, 5.41) is 0. The molecule has 0 atom stereocenters. The van der Waals surface area contributed by atoms with Gasteiger partial charge in [-0.05, 0) is 55.7 Å². The lowest BCUT2D eigenvalue weighted by Gasteiger charge is -2.14. The van der Waals surface area contributed by atoms with Gasteiger partial charge in [0.2, 0.25) is 0 Å². The number of benzene rings is 1. The number of ether oxygens (including phenoxy) is 1. The Bertz CT molecular complexity index is 882. The van der Waals surface area contributed by atoms with Gasteiger partial charge in [-0.2, -0.15) is 8.42 Å². The van der Waals surface area contributed by atoms with Crippen LogP contribution in [0.1, 0.15) is 191 Å². The van der Waals surface area contributed by atoms with Crippen LogP contribution in [0.15, 0.2) is 23.1 Å². The molecule has 0 fully saturated rings. The second-order valence-electron chi connectivity index (χ2n) is 13.4. The van der Waals surface area contributed by atoms with Crippen LogP contribution in [0.2, 0.25) is 0 Å². The quantitative estimate of drug-likeness (QED) is 0.317. The molecule has 1 aromatic rings. The summed E-state index contributed by atoms with van der Waals surface area (Å²) in [7, 11) is -4.19. The van der Waals surface area contributed by atoms with Crippen LogP contribution in [0.4, 0.5) is 0 Å². The highest BCUT2D eigenvalue weighted by Gasteiger charge is 2.18. The average molecular weight is 621 g/mol. The maximum absolute atomic E-state index is 12.1. The van der Waals surface area contributed by atoms with Crippen LogP contribution in [0.5, 0.6) is 0 Å². The summed E-state index contributed by atoms with van der Waals surface area (Å²) in [4.78, 5) is 0.137. The van der Waals surface area contributed by atoms with Crippen molar-refractivity contribution in [3.05, 3.63) is 29.3 Å². The van der Waals surface area contributed by atoms with Gasteiger partial charge in [-0.1, -0.05) is 166 Å². The molecule has 0 radical (unpaired) electrons. The van der Waals surface area contributed by atoms with Crippen molar-refractivity contribution < 1.29 is 17.7 Å². The third-order valence-electron chi connectivity index (χ3n) is 9.46. The fourth-order valence-electron chi connectivity index (χ4n) is 6.74. The Morgan fingerprint density at radius 3 is 1.14 bits per heavy atom. The number of aryl methyl sites for hydroxylation is 1. The molecule has 2 rings (SSSR count). The summed E-state index contributed by atoms with van der Waals surface area (Å²) in [5.41, 5.74) is 1.99. The predicted molar refractivity (Wildman–Crippen MR) is 184 cm³/mol. The Morgan fingerprint density at radius 1 is 0.442 bits per heavy atom. The molecule has 5 heteroatoms. The summed E-state index contributed by atoms with van der Waals surface area (Å²) < 4.78 is 40.0. The molecule has 0 amide bonds. The van der Waals surface area contributed by atoms with Crippen LogP contribution >= 0.6 is 0 Å². The molecular weight excluding hydrogens is 552 g/mol. The molecule has 43 heavy (non-hydrogen) atoms. The van der Waals surface area contributed by atoms with Gasteiger partial charge in [-0.25, -0.2) is 0 Å². The van der Waals surface area contributed by atoms with E-state index in [0.717, 1.165) is 56.4 Å². The van der Waals surface area contributed by atoms with E-state index < -0.39 is 10.1 Å². The summed E-state index contributed by atoms with van der Waals surface area (Å²) >= 11 is 0. The monoisotopic (exact) mass is 620 g/mol. The molecular formula is C38H68O4S. The van der Waals surface area contributed by atoms with Crippen LogP contribution in [-0.2, 0) is 27.7 Å². The molecule has 0 aromatic heterocycles. The van der Waals surface area contributed by atoms with E-state index in [2.05, 4.69) is 6.07 Å². The third kappa shape index (κ3) is 20.7. The van der Waals surface area contributed by atoms with Gasteiger partial charge < -0.3 is 4.74 Å². The van der Waals surface area contributed by atoms with Crippen LogP contribution in [0, 0.1) is 0 Å². The Labute approximate surface area is 267 Å². The van der Waals surface area contributed by atoms with Crippen molar-refractivity contribution in [1.82, 2.24) is 0 Å². The highest BCUT2D eigenvalue weighted by Crippen LogP contribution is 2.25. The zero-order valence-corrected chi connectivity index (χ0v) is 28.8. The normalized spacial score (nSPS) is 21.5. The first-order chi connectivity index (χ1) is 21.1. The van der Waals surface area contributed by atoms with Gasteiger partial charge in [0.1, 0.15) is 0 Å². The molecule has 1 N–H and O–H groups in total. The molecule has 1 aliphatic heterocycles. The van der Waals surface area contributed by atoms with Crippen molar-refractivity contribution in [2.24, 2.45) is 0 Å². The molecule has 0 spiro atoms. The largest absolute Gasteiger partial charge is 0.381 e. The van der Waals surface area contributed by atoms with E-state index in [0.29, 0.717) is 0 Å². The minimum atomic E-state index is -4.19. The number of hydrogen-bond donors (Lipinski definition) is 1. The zero-order valence-electron chi connectivity index (χ0n) is 27.9. The molecule has 0 unspecified atom stereocenters. The molecule has 1 aromatic carbocycles. The second kappa shape index (κ2) is 26.3. The van der Waals surface area contributed by atoms with Crippen molar-refractivity contribution in [3.63, 3.8) is 0 Å². The standard InChI is InChI=1S/C38H68O4S/c39-43(40,41)38-33-29-31-36-30-25-21-17-13-9-5-1-3-7-11-15-19-23-27-34-42-35-28-24-20-16-12-8-4-2-6-10-14-18-22-26-32-37(36)38/h29,31,33H,1-28,30,32,34-35H2,(H,39,40,41). The van der Waals surface area contributed by atoms with E-state index in [4.69, 9.17) is 4.74 Å². The van der Waals surface area contributed by atoms with Gasteiger partial charge in [0.05, 0.1) is 4.90 Å². The minimum absolute atomic E-state index is 0.137. The van der Waals surface area contributed by atoms with Crippen molar-refractivity contribution in [2.75, 3.05) is 13.2 Å². The Hall–Kier alpha value is -0.910. The molecule has 1 heterocycles. The van der Waals surface area contributed by atoms with E-state index >= 15 is 0 Å².